The molecule has 0 radical (unpaired) electrons. The molecule has 1 unspecified atom stereocenters. The fraction of sp³-hybridized carbons (Fsp3) is 0.385. The molecule has 2 N–H and O–H groups in total. The summed E-state index contributed by atoms with van der Waals surface area (Å²) in [6.07, 6.45) is 5.69. The van der Waals surface area contributed by atoms with Crippen molar-refractivity contribution < 1.29 is 14.3 Å². The minimum absolute atomic E-state index is 0.0402. The molecule has 0 spiro atoms. The molecule has 7 heteroatoms. The number of hydrogen-bond acceptors (Lipinski definition) is 6. The van der Waals surface area contributed by atoms with E-state index in [1.807, 2.05) is 12.3 Å². The first-order valence-electron chi connectivity index (χ1n) is 6.13. The quantitative estimate of drug-likeness (QED) is 0.820. The molecule has 2 aromatic heterocycles. The van der Waals surface area contributed by atoms with Crippen LogP contribution < -0.4 is 5.32 Å². The number of aliphatic hydroxyl groups is 1. The van der Waals surface area contributed by atoms with Gasteiger partial charge < -0.3 is 14.8 Å². The number of carbonyl (C=O) groups excluding carboxylic acids is 1. The van der Waals surface area contributed by atoms with Gasteiger partial charge in [0.2, 0.25) is 0 Å². The number of nitrogens with one attached hydrogen (secondary N) is 1. The zero-order valence-electron chi connectivity index (χ0n) is 11.0. The summed E-state index contributed by atoms with van der Waals surface area (Å²) in [5.74, 6) is 0.564. The van der Waals surface area contributed by atoms with Gasteiger partial charge in [0, 0.05) is 29.3 Å². The molecule has 0 saturated carbocycles. The van der Waals surface area contributed by atoms with Gasteiger partial charge in [0.1, 0.15) is 17.0 Å². The number of carbonyl (C=O) groups is 1. The molecule has 0 aliphatic carbocycles. The van der Waals surface area contributed by atoms with Crippen molar-refractivity contribution in [2.75, 3.05) is 18.6 Å². The number of hydrogen-bond donors (Lipinski definition) is 2. The molecule has 108 valence electrons. The standard InChI is InChI=1S/C13H16N2O3S2/c1-19-7-10(2-4-16)14-12(17)11-8-20-13(15-11)9-3-5-18-6-9/h3,5-6,8,10,16H,2,4,7H2,1H3,(H,14,17). The molecule has 0 saturated heterocycles. The van der Waals surface area contributed by atoms with E-state index in [9.17, 15) is 4.79 Å². The molecule has 2 heterocycles. The molecular weight excluding hydrogens is 296 g/mol. The largest absolute Gasteiger partial charge is 0.472 e. The van der Waals surface area contributed by atoms with E-state index in [0.717, 1.165) is 16.3 Å². The Kier molecular flexibility index (Phi) is 5.63. The van der Waals surface area contributed by atoms with Crippen LogP contribution in [0.25, 0.3) is 10.6 Å². The second-order valence-corrected chi connectivity index (χ2v) is 5.96. The molecular formula is C13H16N2O3S2. The molecule has 20 heavy (non-hydrogen) atoms. The summed E-state index contributed by atoms with van der Waals surface area (Å²) >= 11 is 3.04. The number of rotatable bonds is 7. The Balaban J connectivity index is 2.02. The van der Waals surface area contributed by atoms with Crippen LogP contribution in [0.1, 0.15) is 16.9 Å². The van der Waals surface area contributed by atoms with Crippen LogP contribution in [0.15, 0.2) is 28.4 Å². The summed E-state index contributed by atoms with van der Waals surface area (Å²) in [5.41, 5.74) is 1.26. The number of aromatic nitrogens is 1. The van der Waals surface area contributed by atoms with Crippen LogP contribution in [-0.2, 0) is 0 Å². The maximum Gasteiger partial charge on any atom is 0.271 e. The van der Waals surface area contributed by atoms with Gasteiger partial charge in [-0.2, -0.15) is 11.8 Å². The number of amides is 1. The van der Waals surface area contributed by atoms with E-state index in [1.165, 1.54) is 11.3 Å². The van der Waals surface area contributed by atoms with Crippen LogP contribution in [-0.4, -0.2) is 40.7 Å². The summed E-state index contributed by atoms with van der Waals surface area (Å²) in [6.45, 7) is 0.0584. The second kappa shape index (κ2) is 7.47. The van der Waals surface area contributed by atoms with Gasteiger partial charge in [0.25, 0.3) is 5.91 Å². The lowest BCUT2D eigenvalue weighted by Crippen LogP contribution is -2.37. The molecule has 2 rings (SSSR count). The van der Waals surface area contributed by atoms with Gasteiger partial charge in [0.05, 0.1) is 6.26 Å². The van der Waals surface area contributed by atoms with Crippen LogP contribution in [0.4, 0.5) is 0 Å². The van der Waals surface area contributed by atoms with E-state index in [-0.39, 0.29) is 18.6 Å². The van der Waals surface area contributed by atoms with Crippen molar-refractivity contribution in [1.82, 2.24) is 10.3 Å². The molecule has 0 fully saturated rings. The van der Waals surface area contributed by atoms with E-state index < -0.39 is 0 Å². The van der Waals surface area contributed by atoms with Crippen molar-refractivity contribution in [2.45, 2.75) is 12.5 Å². The predicted molar refractivity (Wildman–Crippen MR) is 81.2 cm³/mol. The third kappa shape index (κ3) is 3.84. The van der Waals surface area contributed by atoms with Crippen molar-refractivity contribution >= 4 is 29.0 Å². The minimum atomic E-state index is -0.205. The summed E-state index contributed by atoms with van der Waals surface area (Å²) in [4.78, 5) is 16.4. The highest BCUT2D eigenvalue weighted by Gasteiger charge is 2.16. The van der Waals surface area contributed by atoms with Gasteiger partial charge in [-0.15, -0.1) is 11.3 Å². The first-order valence-corrected chi connectivity index (χ1v) is 8.40. The highest BCUT2D eigenvalue weighted by molar-refractivity contribution is 7.98. The van der Waals surface area contributed by atoms with Gasteiger partial charge in [-0.1, -0.05) is 0 Å². The zero-order valence-corrected chi connectivity index (χ0v) is 12.7. The SMILES string of the molecule is CSCC(CCO)NC(=O)c1csc(-c2ccoc2)n1. The molecule has 5 nitrogen and oxygen atoms in total. The zero-order chi connectivity index (χ0) is 14.4. The summed E-state index contributed by atoms with van der Waals surface area (Å²) < 4.78 is 5.00. The average Bonchev–Trinajstić information content (AvgIpc) is 3.10. The first-order chi connectivity index (χ1) is 9.74. The maximum atomic E-state index is 12.1. The normalized spacial score (nSPS) is 12.3. The lowest BCUT2D eigenvalue weighted by atomic mass is 10.2. The predicted octanol–water partition coefficient (Wildman–Crippen LogP) is 2.25. The Bertz CT molecular complexity index is 534. The Morgan fingerprint density at radius 1 is 1.65 bits per heavy atom. The number of aliphatic hydroxyl groups excluding tert-OH is 1. The highest BCUT2D eigenvalue weighted by atomic mass is 32.2. The average molecular weight is 312 g/mol. The van der Waals surface area contributed by atoms with Crippen molar-refractivity contribution in [3.8, 4) is 10.6 Å². The number of thiazole rings is 1. The van der Waals surface area contributed by atoms with Crippen molar-refractivity contribution in [2.24, 2.45) is 0 Å². The van der Waals surface area contributed by atoms with E-state index in [2.05, 4.69) is 10.3 Å². The fourth-order valence-corrected chi connectivity index (χ4v) is 3.15. The van der Waals surface area contributed by atoms with Crippen LogP contribution in [0.2, 0.25) is 0 Å². The number of thioether (sulfide) groups is 1. The van der Waals surface area contributed by atoms with E-state index in [1.54, 1.807) is 29.7 Å². The number of nitrogens with zero attached hydrogens (tertiary/aromatic N) is 1. The summed E-state index contributed by atoms with van der Waals surface area (Å²) in [6, 6.07) is 1.77. The van der Waals surface area contributed by atoms with Crippen LogP contribution >= 0.6 is 23.1 Å². The summed E-state index contributed by atoms with van der Waals surface area (Å²) in [5, 5.41) is 14.4. The number of furan rings is 1. The van der Waals surface area contributed by atoms with E-state index in [0.29, 0.717) is 12.1 Å². The third-order valence-corrected chi connectivity index (χ3v) is 4.31. The Hall–Kier alpha value is -1.31. The van der Waals surface area contributed by atoms with Gasteiger partial charge >= 0.3 is 0 Å². The Morgan fingerprint density at radius 2 is 2.50 bits per heavy atom. The molecule has 0 aliphatic rings. The molecule has 0 aromatic carbocycles. The van der Waals surface area contributed by atoms with Gasteiger partial charge in [-0.05, 0) is 18.7 Å². The van der Waals surface area contributed by atoms with Gasteiger partial charge in [-0.3, -0.25) is 4.79 Å². The van der Waals surface area contributed by atoms with Crippen LogP contribution in [0, 0.1) is 0 Å². The lowest BCUT2D eigenvalue weighted by Gasteiger charge is -2.15. The fourth-order valence-electron chi connectivity index (χ4n) is 1.71. The molecule has 1 amide bonds. The molecule has 2 aromatic rings. The smallest absolute Gasteiger partial charge is 0.271 e. The Morgan fingerprint density at radius 3 is 3.15 bits per heavy atom. The highest BCUT2D eigenvalue weighted by Crippen LogP contribution is 2.23. The molecule has 0 aliphatic heterocycles. The third-order valence-electron chi connectivity index (χ3n) is 2.69. The van der Waals surface area contributed by atoms with Crippen molar-refractivity contribution in [1.29, 1.82) is 0 Å². The monoisotopic (exact) mass is 312 g/mol. The van der Waals surface area contributed by atoms with Crippen molar-refractivity contribution in [3.05, 3.63) is 29.7 Å². The van der Waals surface area contributed by atoms with Crippen LogP contribution in [0.3, 0.4) is 0 Å². The first kappa shape index (κ1) is 15.1. The Labute approximate surface area is 125 Å². The lowest BCUT2D eigenvalue weighted by molar-refractivity contribution is 0.0931. The van der Waals surface area contributed by atoms with E-state index >= 15 is 0 Å². The summed E-state index contributed by atoms with van der Waals surface area (Å²) in [7, 11) is 0. The van der Waals surface area contributed by atoms with Crippen LogP contribution in [0.5, 0.6) is 0 Å². The molecule has 0 bridgehead atoms. The molecule has 1 atom stereocenters. The van der Waals surface area contributed by atoms with Gasteiger partial charge in [0.15, 0.2) is 0 Å². The van der Waals surface area contributed by atoms with Crippen molar-refractivity contribution in [3.63, 3.8) is 0 Å². The van der Waals surface area contributed by atoms with Gasteiger partial charge in [-0.25, -0.2) is 4.98 Å². The minimum Gasteiger partial charge on any atom is -0.472 e. The van der Waals surface area contributed by atoms with E-state index in [4.69, 9.17) is 9.52 Å². The second-order valence-electron chi connectivity index (χ2n) is 4.19. The topological polar surface area (TPSA) is 75.4 Å². The maximum absolute atomic E-state index is 12.1.